The number of carbonyl (C=O) groups excluding carboxylic acids is 1. The van der Waals surface area contributed by atoms with Crippen LogP contribution in [0.5, 0.6) is 5.75 Å². The van der Waals surface area contributed by atoms with Crippen LogP contribution in [0, 0.1) is 5.92 Å². The van der Waals surface area contributed by atoms with Gasteiger partial charge in [0, 0.05) is 12.1 Å². The molecule has 2 N–H and O–H groups in total. The van der Waals surface area contributed by atoms with E-state index in [1.54, 1.807) is 24.3 Å². The highest BCUT2D eigenvalue weighted by atomic mass is 16.3. The van der Waals surface area contributed by atoms with Crippen LogP contribution in [0.15, 0.2) is 24.3 Å². The monoisotopic (exact) mass is 207 g/mol. The van der Waals surface area contributed by atoms with E-state index in [0.717, 1.165) is 12.1 Å². The molecule has 0 saturated carbocycles. The van der Waals surface area contributed by atoms with Gasteiger partial charge in [-0.15, -0.1) is 0 Å². The van der Waals surface area contributed by atoms with Crippen LogP contribution < -0.4 is 5.32 Å². The van der Waals surface area contributed by atoms with Crippen molar-refractivity contribution in [3.63, 3.8) is 0 Å². The van der Waals surface area contributed by atoms with Crippen molar-refractivity contribution in [2.45, 2.75) is 26.7 Å². The summed E-state index contributed by atoms with van der Waals surface area (Å²) in [5, 5.41) is 11.8. The molecule has 3 heteroatoms. The highest BCUT2D eigenvalue weighted by Crippen LogP contribution is 2.14. The van der Waals surface area contributed by atoms with Crippen LogP contribution in [0.25, 0.3) is 0 Å². The number of amides is 1. The fourth-order valence-corrected chi connectivity index (χ4v) is 1.19. The van der Waals surface area contributed by atoms with Crippen LogP contribution in [-0.4, -0.2) is 11.0 Å². The summed E-state index contributed by atoms with van der Waals surface area (Å²) in [5.41, 5.74) is 0.724. The van der Waals surface area contributed by atoms with Gasteiger partial charge in [0.1, 0.15) is 5.75 Å². The Bertz CT molecular complexity index is 317. The Kier molecular flexibility index (Phi) is 4.16. The van der Waals surface area contributed by atoms with Gasteiger partial charge in [-0.3, -0.25) is 4.79 Å². The summed E-state index contributed by atoms with van der Waals surface area (Å²) in [4.78, 5) is 11.4. The van der Waals surface area contributed by atoms with E-state index in [0.29, 0.717) is 12.3 Å². The molecule has 1 aromatic rings. The smallest absolute Gasteiger partial charge is 0.224 e. The molecule has 1 rings (SSSR count). The predicted molar refractivity (Wildman–Crippen MR) is 60.8 cm³/mol. The second-order valence-corrected chi connectivity index (χ2v) is 4.03. The Labute approximate surface area is 90.1 Å². The lowest BCUT2D eigenvalue weighted by molar-refractivity contribution is -0.116. The lowest BCUT2D eigenvalue weighted by Gasteiger charge is -2.06. The van der Waals surface area contributed by atoms with E-state index in [1.165, 1.54) is 0 Å². The maximum absolute atomic E-state index is 11.4. The van der Waals surface area contributed by atoms with Crippen molar-refractivity contribution in [3.8, 4) is 5.75 Å². The molecule has 0 saturated heterocycles. The summed E-state index contributed by atoms with van der Waals surface area (Å²) in [6, 6.07) is 6.47. The van der Waals surface area contributed by atoms with Crippen molar-refractivity contribution in [2.24, 2.45) is 5.92 Å². The van der Waals surface area contributed by atoms with Gasteiger partial charge in [0.2, 0.25) is 5.91 Å². The largest absolute Gasteiger partial charge is 0.508 e. The van der Waals surface area contributed by atoms with Gasteiger partial charge in [0.05, 0.1) is 0 Å². The number of benzene rings is 1. The van der Waals surface area contributed by atoms with Gasteiger partial charge in [-0.05, 0) is 36.6 Å². The highest BCUT2D eigenvalue weighted by molar-refractivity contribution is 5.90. The maximum Gasteiger partial charge on any atom is 0.224 e. The Morgan fingerprint density at radius 3 is 2.47 bits per heavy atom. The summed E-state index contributed by atoms with van der Waals surface area (Å²) < 4.78 is 0. The molecule has 0 radical (unpaired) electrons. The molecule has 0 spiro atoms. The molecule has 0 aliphatic rings. The Hall–Kier alpha value is -1.51. The second-order valence-electron chi connectivity index (χ2n) is 4.03. The van der Waals surface area contributed by atoms with Crippen molar-refractivity contribution < 1.29 is 9.90 Å². The summed E-state index contributed by atoms with van der Waals surface area (Å²) in [5.74, 6) is 0.764. The minimum atomic E-state index is 0.0226. The number of hydrogen-bond donors (Lipinski definition) is 2. The van der Waals surface area contributed by atoms with E-state index in [-0.39, 0.29) is 11.7 Å². The van der Waals surface area contributed by atoms with Crippen molar-refractivity contribution in [1.29, 1.82) is 0 Å². The first kappa shape index (κ1) is 11.6. The van der Waals surface area contributed by atoms with Gasteiger partial charge in [0.15, 0.2) is 0 Å². The third kappa shape index (κ3) is 4.49. The zero-order chi connectivity index (χ0) is 11.3. The predicted octanol–water partition coefficient (Wildman–Crippen LogP) is 2.77. The number of anilines is 1. The maximum atomic E-state index is 11.4. The summed E-state index contributed by atoms with van der Waals surface area (Å²) in [7, 11) is 0. The third-order valence-corrected chi connectivity index (χ3v) is 2.10. The van der Waals surface area contributed by atoms with Crippen molar-refractivity contribution in [2.75, 3.05) is 5.32 Å². The standard InChI is InChI=1S/C12H17NO2/c1-9(2)3-8-12(15)13-10-4-6-11(14)7-5-10/h4-7,9,14H,3,8H2,1-2H3,(H,13,15). The molecule has 0 fully saturated rings. The van der Waals surface area contributed by atoms with Gasteiger partial charge in [-0.1, -0.05) is 13.8 Å². The van der Waals surface area contributed by atoms with Crippen LogP contribution >= 0.6 is 0 Å². The van der Waals surface area contributed by atoms with Crippen LogP contribution in [-0.2, 0) is 4.79 Å². The minimum absolute atomic E-state index is 0.0226. The number of hydrogen-bond acceptors (Lipinski definition) is 2. The van der Waals surface area contributed by atoms with Crippen molar-refractivity contribution in [1.82, 2.24) is 0 Å². The normalized spacial score (nSPS) is 10.3. The molecule has 1 amide bonds. The summed E-state index contributed by atoms with van der Waals surface area (Å²) >= 11 is 0. The first-order valence-corrected chi connectivity index (χ1v) is 5.17. The van der Waals surface area contributed by atoms with E-state index in [9.17, 15) is 4.79 Å². The highest BCUT2D eigenvalue weighted by Gasteiger charge is 2.03. The minimum Gasteiger partial charge on any atom is -0.508 e. The molecular formula is C12H17NO2. The number of rotatable bonds is 4. The molecule has 3 nitrogen and oxygen atoms in total. The van der Waals surface area contributed by atoms with Crippen LogP contribution in [0.2, 0.25) is 0 Å². The van der Waals surface area contributed by atoms with E-state index < -0.39 is 0 Å². The quantitative estimate of drug-likeness (QED) is 0.746. The van der Waals surface area contributed by atoms with Crippen LogP contribution in [0.1, 0.15) is 26.7 Å². The zero-order valence-electron chi connectivity index (χ0n) is 9.16. The van der Waals surface area contributed by atoms with Crippen LogP contribution in [0.4, 0.5) is 5.69 Å². The Morgan fingerprint density at radius 1 is 1.33 bits per heavy atom. The van der Waals surface area contributed by atoms with Gasteiger partial charge < -0.3 is 10.4 Å². The average Bonchev–Trinajstić information content (AvgIpc) is 2.19. The number of carbonyl (C=O) groups is 1. The zero-order valence-corrected chi connectivity index (χ0v) is 9.16. The van der Waals surface area contributed by atoms with Gasteiger partial charge in [-0.25, -0.2) is 0 Å². The van der Waals surface area contributed by atoms with Gasteiger partial charge in [0.25, 0.3) is 0 Å². The molecule has 0 heterocycles. The summed E-state index contributed by atoms with van der Waals surface area (Å²) in [6.45, 7) is 4.18. The second kappa shape index (κ2) is 5.39. The molecule has 82 valence electrons. The average molecular weight is 207 g/mol. The fraction of sp³-hybridized carbons (Fsp3) is 0.417. The molecule has 15 heavy (non-hydrogen) atoms. The first-order valence-electron chi connectivity index (χ1n) is 5.17. The molecule has 0 bridgehead atoms. The molecule has 0 aromatic heterocycles. The Balaban J connectivity index is 2.41. The molecule has 0 aliphatic heterocycles. The fourth-order valence-electron chi connectivity index (χ4n) is 1.19. The molecule has 1 aromatic carbocycles. The van der Waals surface area contributed by atoms with E-state index in [1.807, 2.05) is 0 Å². The summed E-state index contributed by atoms with van der Waals surface area (Å²) in [6.07, 6.45) is 1.43. The van der Waals surface area contributed by atoms with Crippen molar-refractivity contribution >= 4 is 11.6 Å². The number of aromatic hydroxyl groups is 1. The number of nitrogens with one attached hydrogen (secondary N) is 1. The molecule has 0 aliphatic carbocycles. The first-order chi connectivity index (χ1) is 7.08. The number of phenols is 1. The number of phenolic OH excluding ortho intramolecular Hbond substituents is 1. The van der Waals surface area contributed by atoms with E-state index in [4.69, 9.17) is 5.11 Å². The Morgan fingerprint density at radius 2 is 1.93 bits per heavy atom. The van der Waals surface area contributed by atoms with E-state index >= 15 is 0 Å². The topological polar surface area (TPSA) is 49.3 Å². The molecule has 0 unspecified atom stereocenters. The molecular weight excluding hydrogens is 190 g/mol. The van der Waals surface area contributed by atoms with Gasteiger partial charge in [-0.2, -0.15) is 0 Å². The van der Waals surface area contributed by atoms with Crippen molar-refractivity contribution in [3.05, 3.63) is 24.3 Å². The SMILES string of the molecule is CC(C)CCC(=O)Nc1ccc(O)cc1. The van der Waals surface area contributed by atoms with Gasteiger partial charge >= 0.3 is 0 Å². The third-order valence-electron chi connectivity index (χ3n) is 2.10. The van der Waals surface area contributed by atoms with Crippen LogP contribution in [0.3, 0.4) is 0 Å². The molecule has 0 atom stereocenters. The van der Waals surface area contributed by atoms with E-state index in [2.05, 4.69) is 19.2 Å². The lowest BCUT2D eigenvalue weighted by atomic mass is 10.1. The lowest BCUT2D eigenvalue weighted by Crippen LogP contribution is -2.11.